The van der Waals surface area contributed by atoms with Crippen LogP contribution in [0.25, 0.3) is 0 Å². The number of carbonyl (C=O) groups excluding carboxylic acids is 2. The number of nitrogens with zero attached hydrogens (tertiary/aromatic N) is 1. The highest BCUT2D eigenvalue weighted by Crippen LogP contribution is 2.46. The van der Waals surface area contributed by atoms with Crippen LogP contribution in [0.15, 0.2) is 24.3 Å². The van der Waals surface area contributed by atoms with E-state index in [-0.39, 0.29) is 24.4 Å². The predicted octanol–water partition coefficient (Wildman–Crippen LogP) is 2.51. The van der Waals surface area contributed by atoms with Crippen LogP contribution in [-0.2, 0) is 9.59 Å². The molecule has 2 amide bonds. The third-order valence-electron chi connectivity index (χ3n) is 4.22. The number of hydrogen-bond acceptors (Lipinski definition) is 3. The molecule has 6 nitrogen and oxygen atoms in total. The van der Waals surface area contributed by atoms with Gasteiger partial charge in [0.2, 0.25) is 5.91 Å². The summed E-state index contributed by atoms with van der Waals surface area (Å²) in [4.78, 5) is 35.9. The zero-order valence-electron chi connectivity index (χ0n) is 13.4. The highest BCUT2D eigenvalue weighted by atomic mass is 19.4. The van der Waals surface area contributed by atoms with E-state index in [0.29, 0.717) is 5.69 Å². The number of carboxylic acids is 1. The number of hydrogen-bond donors (Lipinski definition) is 2. The van der Waals surface area contributed by atoms with Crippen LogP contribution in [0.3, 0.4) is 0 Å². The first-order valence-electron chi connectivity index (χ1n) is 7.60. The molecule has 25 heavy (non-hydrogen) atoms. The van der Waals surface area contributed by atoms with Gasteiger partial charge in [-0.3, -0.25) is 14.4 Å². The third kappa shape index (κ3) is 3.59. The number of nitrogens with one attached hydrogen (secondary N) is 1. The van der Waals surface area contributed by atoms with Crippen molar-refractivity contribution in [2.24, 2.45) is 5.41 Å². The molecule has 2 rings (SSSR count). The van der Waals surface area contributed by atoms with E-state index in [1.54, 1.807) is 13.0 Å². The number of aliphatic carboxylic acids is 1. The lowest BCUT2D eigenvalue weighted by atomic mass is 9.86. The van der Waals surface area contributed by atoms with Crippen LogP contribution in [0.1, 0.15) is 30.1 Å². The van der Waals surface area contributed by atoms with E-state index in [1.165, 1.54) is 18.2 Å². The summed E-state index contributed by atoms with van der Waals surface area (Å²) in [5.74, 6) is -2.97. The quantitative estimate of drug-likeness (QED) is 0.866. The number of likely N-dealkylation sites (tertiary alicyclic amines) is 1. The fraction of sp³-hybridized carbons (Fsp3) is 0.438. The topological polar surface area (TPSA) is 86.7 Å². The number of carbonyl (C=O) groups is 3. The van der Waals surface area contributed by atoms with Crippen molar-refractivity contribution in [3.8, 4) is 0 Å². The van der Waals surface area contributed by atoms with Crippen molar-refractivity contribution in [2.45, 2.75) is 25.9 Å². The Kier molecular flexibility index (Phi) is 5.05. The fourth-order valence-corrected chi connectivity index (χ4v) is 2.67. The molecule has 0 spiro atoms. The zero-order chi connectivity index (χ0) is 18.8. The number of benzene rings is 1. The molecule has 0 saturated carbocycles. The van der Waals surface area contributed by atoms with E-state index in [2.05, 4.69) is 5.32 Å². The van der Waals surface area contributed by atoms with E-state index in [1.807, 2.05) is 0 Å². The Bertz CT molecular complexity index is 705. The molecule has 0 radical (unpaired) electrons. The van der Waals surface area contributed by atoms with Crippen molar-refractivity contribution in [3.05, 3.63) is 29.8 Å². The van der Waals surface area contributed by atoms with Gasteiger partial charge in [-0.25, -0.2) is 0 Å². The summed E-state index contributed by atoms with van der Waals surface area (Å²) in [5, 5.41) is 11.6. The standard InChI is InChI=1S/C16H17F3N2O4/c1-2-12(22)20-11-5-3-4-10(8-11)13(23)21-7-6-15(9-21,14(24)25)16(17,18)19/h3-5,8H,2,6-7,9H2,1H3,(H,20,22)(H,24,25). The summed E-state index contributed by atoms with van der Waals surface area (Å²) < 4.78 is 39.6. The van der Waals surface area contributed by atoms with Gasteiger partial charge < -0.3 is 15.3 Å². The van der Waals surface area contributed by atoms with Gasteiger partial charge in [-0.2, -0.15) is 13.2 Å². The highest BCUT2D eigenvalue weighted by molar-refractivity contribution is 5.97. The largest absolute Gasteiger partial charge is 0.481 e. The lowest BCUT2D eigenvalue weighted by molar-refractivity contribution is -0.227. The lowest BCUT2D eigenvalue weighted by Crippen LogP contribution is -2.47. The van der Waals surface area contributed by atoms with Crippen LogP contribution in [0.4, 0.5) is 18.9 Å². The van der Waals surface area contributed by atoms with Crippen molar-refractivity contribution in [3.63, 3.8) is 0 Å². The molecule has 1 aliphatic rings. The van der Waals surface area contributed by atoms with Crippen molar-refractivity contribution in [1.82, 2.24) is 4.90 Å². The highest BCUT2D eigenvalue weighted by Gasteiger charge is 2.64. The molecule has 1 aliphatic heterocycles. The minimum atomic E-state index is -4.95. The molecule has 1 unspecified atom stereocenters. The molecule has 1 fully saturated rings. The second-order valence-corrected chi connectivity index (χ2v) is 5.84. The molecule has 2 N–H and O–H groups in total. The van der Waals surface area contributed by atoms with E-state index >= 15 is 0 Å². The van der Waals surface area contributed by atoms with E-state index in [4.69, 9.17) is 5.11 Å². The van der Waals surface area contributed by atoms with Gasteiger partial charge in [0.05, 0.1) is 0 Å². The average Bonchev–Trinajstić information content (AvgIpc) is 3.01. The Hall–Kier alpha value is -2.58. The minimum absolute atomic E-state index is 0.0808. The van der Waals surface area contributed by atoms with Crippen LogP contribution >= 0.6 is 0 Å². The fourth-order valence-electron chi connectivity index (χ4n) is 2.67. The molecule has 9 heteroatoms. The average molecular weight is 358 g/mol. The molecular weight excluding hydrogens is 341 g/mol. The van der Waals surface area contributed by atoms with E-state index in [0.717, 1.165) is 4.90 Å². The number of carboxylic acid groups (broad SMARTS) is 1. The smallest absolute Gasteiger partial charge is 0.406 e. The molecule has 136 valence electrons. The maximum absolute atomic E-state index is 13.2. The molecule has 0 aromatic heterocycles. The monoisotopic (exact) mass is 358 g/mol. The summed E-state index contributed by atoms with van der Waals surface area (Å²) in [6.07, 6.45) is -5.41. The van der Waals surface area contributed by atoms with Crippen molar-refractivity contribution < 1.29 is 32.7 Å². The maximum atomic E-state index is 13.2. The first kappa shape index (κ1) is 18.8. The molecule has 0 aliphatic carbocycles. The maximum Gasteiger partial charge on any atom is 0.406 e. The van der Waals surface area contributed by atoms with Crippen molar-refractivity contribution >= 4 is 23.5 Å². The van der Waals surface area contributed by atoms with Crippen LogP contribution in [0.5, 0.6) is 0 Å². The van der Waals surface area contributed by atoms with Gasteiger partial charge in [0.25, 0.3) is 5.91 Å². The molecule has 1 aromatic carbocycles. The summed E-state index contributed by atoms with van der Waals surface area (Å²) in [6, 6.07) is 5.79. The normalized spacial score (nSPS) is 20.4. The number of rotatable bonds is 4. The van der Waals surface area contributed by atoms with Gasteiger partial charge in [0, 0.05) is 30.8 Å². The van der Waals surface area contributed by atoms with Crippen LogP contribution in [0.2, 0.25) is 0 Å². The predicted molar refractivity (Wildman–Crippen MR) is 82.0 cm³/mol. The van der Waals surface area contributed by atoms with Gasteiger partial charge >= 0.3 is 12.1 Å². The Labute approximate surface area is 141 Å². The van der Waals surface area contributed by atoms with Crippen LogP contribution in [-0.4, -0.2) is 47.1 Å². The lowest BCUT2D eigenvalue weighted by Gasteiger charge is -2.27. The second-order valence-electron chi connectivity index (χ2n) is 5.84. The summed E-state index contributed by atoms with van der Waals surface area (Å²) >= 11 is 0. The molecule has 1 saturated heterocycles. The van der Waals surface area contributed by atoms with Crippen LogP contribution in [0, 0.1) is 5.41 Å². The number of alkyl halides is 3. The molecule has 1 atom stereocenters. The molecule has 0 bridgehead atoms. The summed E-state index contributed by atoms with van der Waals surface area (Å²) in [6.45, 7) is 0.406. The van der Waals surface area contributed by atoms with E-state index < -0.39 is 36.4 Å². The van der Waals surface area contributed by atoms with Crippen LogP contribution < -0.4 is 5.32 Å². The molecule has 1 aromatic rings. The van der Waals surface area contributed by atoms with Gasteiger partial charge in [-0.15, -0.1) is 0 Å². The van der Waals surface area contributed by atoms with Gasteiger partial charge in [0.15, 0.2) is 5.41 Å². The summed E-state index contributed by atoms with van der Waals surface area (Å²) in [5.41, 5.74) is -2.52. The minimum Gasteiger partial charge on any atom is -0.481 e. The Morgan fingerprint density at radius 1 is 1.32 bits per heavy atom. The summed E-state index contributed by atoms with van der Waals surface area (Å²) in [7, 11) is 0. The first-order valence-corrected chi connectivity index (χ1v) is 7.60. The zero-order valence-corrected chi connectivity index (χ0v) is 13.4. The molecule has 1 heterocycles. The third-order valence-corrected chi connectivity index (χ3v) is 4.22. The second kappa shape index (κ2) is 6.73. The van der Waals surface area contributed by atoms with Gasteiger partial charge in [-0.05, 0) is 24.6 Å². The number of anilines is 1. The van der Waals surface area contributed by atoms with Gasteiger partial charge in [-0.1, -0.05) is 13.0 Å². The van der Waals surface area contributed by atoms with Gasteiger partial charge in [0.1, 0.15) is 0 Å². The Balaban J connectivity index is 2.21. The first-order chi connectivity index (χ1) is 11.6. The van der Waals surface area contributed by atoms with E-state index in [9.17, 15) is 27.6 Å². The Morgan fingerprint density at radius 2 is 2.00 bits per heavy atom. The number of halogens is 3. The van der Waals surface area contributed by atoms with Crippen molar-refractivity contribution in [2.75, 3.05) is 18.4 Å². The number of amides is 2. The van der Waals surface area contributed by atoms with Crippen molar-refractivity contribution in [1.29, 1.82) is 0 Å². The molecular formula is C16H17F3N2O4. The SMILES string of the molecule is CCC(=O)Nc1cccc(C(=O)N2CCC(C(=O)O)(C(F)(F)F)C2)c1. The Morgan fingerprint density at radius 3 is 2.52 bits per heavy atom.